The van der Waals surface area contributed by atoms with Gasteiger partial charge in [0.2, 0.25) is 0 Å². The summed E-state index contributed by atoms with van der Waals surface area (Å²) in [5.74, 6) is -0.351. The summed E-state index contributed by atoms with van der Waals surface area (Å²) in [4.78, 5) is 23.9. The van der Waals surface area contributed by atoms with Crippen LogP contribution in [0.1, 0.15) is 28.6 Å². The zero-order chi connectivity index (χ0) is 18.7. The molecule has 2 amide bonds. The molecule has 1 aliphatic heterocycles. The molecule has 2 aromatic rings. The van der Waals surface area contributed by atoms with Gasteiger partial charge in [-0.25, -0.2) is 27.7 Å². The molecule has 0 radical (unpaired) electrons. The van der Waals surface area contributed by atoms with Crippen LogP contribution in [0.2, 0.25) is 0 Å². The fourth-order valence-corrected chi connectivity index (χ4v) is 3.66. The van der Waals surface area contributed by atoms with Crippen molar-refractivity contribution in [1.29, 1.82) is 0 Å². The molecular formula is C16H15N3O6S. The van der Waals surface area contributed by atoms with Crippen LogP contribution in [-0.2, 0) is 14.8 Å². The van der Waals surface area contributed by atoms with E-state index < -0.39 is 28.1 Å². The zero-order valence-corrected chi connectivity index (χ0v) is 14.5. The maximum absolute atomic E-state index is 12.6. The highest BCUT2D eigenvalue weighted by Gasteiger charge is 2.33. The zero-order valence-electron chi connectivity index (χ0n) is 13.7. The van der Waals surface area contributed by atoms with Crippen molar-refractivity contribution in [3.8, 4) is 0 Å². The van der Waals surface area contributed by atoms with Gasteiger partial charge in [0, 0.05) is 12.6 Å². The normalized spacial score (nSPS) is 16.5. The molecule has 2 heterocycles. The predicted molar refractivity (Wildman–Crippen MR) is 89.9 cm³/mol. The van der Waals surface area contributed by atoms with Crippen molar-refractivity contribution < 1.29 is 27.2 Å². The van der Waals surface area contributed by atoms with Crippen LogP contribution < -0.4 is 4.72 Å². The van der Waals surface area contributed by atoms with E-state index >= 15 is 0 Å². The molecule has 1 unspecified atom stereocenters. The van der Waals surface area contributed by atoms with Crippen molar-refractivity contribution in [3.63, 3.8) is 0 Å². The Morgan fingerprint density at radius 2 is 2.04 bits per heavy atom. The molecule has 0 saturated heterocycles. The fourth-order valence-electron chi connectivity index (χ4n) is 2.52. The van der Waals surface area contributed by atoms with Crippen molar-refractivity contribution in [1.82, 2.24) is 9.73 Å². The van der Waals surface area contributed by atoms with Crippen molar-refractivity contribution in [2.24, 2.45) is 5.10 Å². The maximum atomic E-state index is 12.6. The Bertz CT molecular complexity index is 952. The third-order valence-electron chi connectivity index (χ3n) is 3.71. The number of hydrogen-bond acceptors (Lipinski definition) is 7. The molecule has 136 valence electrons. The number of hydrazone groups is 1. The van der Waals surface area contributed by atoms with Crippen molar-refractivity contribution in [2.45, 2.75) is 17.4 Å². The van der Waals surface area contributed by atoms with Crippen LogP contribution in [0.25, 0.3) is 0 Å². The minimum atomic E-state index is -4.32. The monoisotopic (exact) mass is 377 g/mol. The van der Waals surface area contributed by atoms with Gasteiger partial charge in [0.25, 0.3) is 10.0 Å². The summed E-state index contributed by atoms with van der Waals surface area (Å²) >= 11 is 0. The van der Waals surface area contributed by atoms with Gasteiger partial charge in [-0.05, 0) is 24.3 Å². The van der Waals surface area contributed by atoms with Gasteiger partial charge in [0.05, 0.1) is 18.9 Å². The summed E-state index contributed by atoms with van der Waals surface area (Å²) in [6, 6.07) is 7.25. The first-order valence-corrected chi connectivity index (χ1v) is 9.01. The summed E-state index contributed by atoms with van der Waals surface area (Å²) in [6.45, 7) is 0. The van der Waals surface area contributed by atoms with Gasteiger partial charge in [0.15, 0.2) is 0 Å². The molecule has 0 bridgehead atoms. The van der Waals surface area contributed by atoms with Gasteiger partial charge in [-0.15, -0.1) is 0 Å². The second kappa shape index (κ2) is 7.00. The van der Waals surface area contributed by atoms with Gasteiger partial charge < -0.3 is 9.15 Å². The van der Waals surface area contributed by atoms with Gasteiger partial charge >= 0.3 is 12.0 Å². The Labute approximate surface area is 149 Å². The van der Waals surface area contributed by atoms with E-state index in [0.29, 0.717) is 12.2 Å². The number of carbonyl (C=O) groups excluding carboxylic acids is 2. The first-order valence-electron chi connectivity index (χ1n) is 7.53. The Morgan fingerprint density at radius 3 is 2.73 bits per heavy atom. The van der Waals surface area contributed by atoms with E-state index in [9.17, 15) is 18.0 Å². The number of urea groups is 1. The largest absolute Gasteiger partial charge is 0.467 e. The number of methoxy groups -OCH3 is 1. The highest BCUT2D eigenvalue weighted by molar-refractivity contribution is 7.90. The number of hydrogen-bond donors (Lipinski definition) is 1. The van der Waals surface area contributed by atoms with Crippen molar-refractivity contribution in [3.05, 3.63) is 54.0 Å². The minimum Gasteiger partial charge on any atom is -0.467 e. The number of carbonyl (C=O) groups is 2. The van der Waals surface area contributed by atoms with E-state index in [1.165, 1.54) is 36.7 Å². The number of furan rings is 1. The highest BCUT2D eigenvalue weighted by atomic mass is 32.2. The second-order valence-corrected chi connectivity index (χ2v) is 6.96. The van der Waals surface area contributed by atoms with Gasteiger partial charge in [-0.1, -0.05) is 12.1 Å². The highest BCUT2D eigenvalue weighted by Crippen LogP contribution is 2.28. The number of nitrogens with zero attached hydrogens (tertiary/aromatic N) is 2. The SMILES string of the molecule is COC(=O)c1ccccc1S(=O)(=O)NC(=O)N1N=CCC1c1ccco1. The number of ether oxygens (including phenoxy) is 1. The third kappa shape index (κ3) is 3.31. The molecule has 0 aliphatic carbocycles. The summed E-state index contributed by atoms with van der Waals surface area (Å²) in [6.07, 6.45) is 3.33. The predicted octanol–water partition coefficient (Wildman–Crippen LogP) is 1.90. The van der Waals surface area contributed by atoms with Crippen LogP contribution in [0.5, 0.6) is 0 Å². The molecular weight excluding hydrogens is 362 g/mol. The van der Waals surface area contributed by atoms with Gasteiger partial charge in [-0.3, -0.25) is 0 Å². The fraction of sp³-hybridized carbons (Fsp3) is 0.188. The van der Waals surface area contributed by atoms with Crippen LogP contribution >= 0.6 is 0 Å². The molecule has 1 N–H and O–H groups in total. The third-order valence-corrected chi connectivity index (χ3v) is 5.09. The lowest BCUT2D eigenvalue weighted by molar-refractivity contribution is 0.0596. The lowest BCUT2D eigenvalue weighted by atomic mass is 10.2. The number of nitrogens with one attached hydrogen (secondary N) is 1. The quantitative estimate of drug-likeness (QED) is 0.813. The van der Waals surface area contributed by atoms with E-state index in [-0.39, 0.29) is 10.5 Å². The number of rotatable bonds is 4. The summed E-state index contributed by atoms with van der Waals surface area (Å²) < 4.78 is 37.0. The molecule has 0 saturated carbocycles. The van der Waals surface area contributed by atoms with E-state index in [4.69, 9.17) is 4.42 Å². The van der Waals surface area contributed by atoms with Gasteiger partial charge in [-0.2, -0.15) is 5.10 Å². The molecule has 1 aliphatic rings. The van der Waals surface area contributed by atoms with Crippen molar-refractivity contribution in [2.75, 3.05) is 7.11 Å². The van der Waals surface area contributed by atoms with E-state index in [1.54, 1.807) is 12.1 Å². The maximum Gasteiger partial charge on any atom is 0.352 e. The van der Waals surface area contributed by atoms with E-state index in [1.807, 2.05) is 4.72 Å². The van der Waals surface area contributed by atoms with Gasteiger partial charge in [0.1, 0.15) is 16.7 Å². The molecule has 10 heteroatoms. The number of amides is 2. The Kier molecular flexibility index (Phi) is 4.76. The second-order valence-electron chi connectivity index (χ2n) is 5.31. The molecule has 1 aromatic heterocycles. The average molecular weight is 377 g/mol. The Hall–Kier alpha value is -3.14. The van der Waals surface area contributed by atoms with Crippen molar-refractivity contribution >= 4 is 28.2 Å². The lowest BCUT2D eigenvalue weighted by Crippen LogP contribution is -2.40. The Balaban J connectivity index is 1.85. The number of sulfonamides is 1. The molecule has 0 spiro atoms. The lowest BCUT2D eigenvalue weighted by Gasteiger charge is -2.20. The van der Waals surface area contributed by atoms with Crippen LogP contribution in [0.4, 0.5) is 4.79 Å². The van der Waals surface area contributed by atoms with Crippen LogP contribution in [0.3, 0.4) is 0 Å². The molecule has 1 aromatic carbocycles. The first-order chi connectivity index (χ1) is 12.4. The first kappa shape index (κ1) is 17.7. The molecule has 26 heavy (non-hydrogen) atoms. The number of benzene rings is 1. The number of esters is 1. The summed E-state index contributed by atoms with van der Waals surface area (Å²) in [7, 11) is -3.19. The average Bonchev–Trinajstić information content (AvgIpc) is 3.31. The van der Waals surface area contributed by atoms with E-state index in [2.05, 4.69) is 9.84 Å². The topological polar surface area (TPSA) is 118 Å². The smallest absolute Gasteiger partial charge is 0.352 e. The summed E-state index contributed by atoms with van der Waals surface area (Å²) in [5, 5.41) is 4.89. The minimum absolute atomic E-state index is 0.178. The molecule has 9 nitrogen and oxygen atoms in total. The van der Waals surface area contributed by atoms with Crippen LogP contribution in [0, 0.1) is 0 Å². The molecule has 0 fully saturated rings. The standard InChI is InChI=1S/C16H15N3O6S/c1-24-15(20)11-5-2-3-7-14(11)26(22,23)18-16(21)19-12(8-9-17-19)13-6-4-10-25-13/h2-7,9-10,12H,8H2,1H3,(H,18,21). The molecule has 3 rings (SSSR count). The van der Waals surface area contributed by atoms with E-state index in [0.717, 1.165) is 12.1 Å². The van der Waals surface area contributed by atoms with Crippen LogP contribution in [0.15, 0.2) is 57.1 Å². The molecule has 1 atom stereocenters. The Morgan fingerprint density at radius 1 is 1.27 bits per heavy atom. The summed E-state index contributed by atoms with van der Waals surface area (Å²) in [5.41, 5.74) is -0.178. The van der Waals surface area contributed by atoms with Crippen LogP contribution in [-0.4, -0.2) is 38.8 Å².